The molecule has 204 valence electrons. The fourth-order valence-corrected chi connectivity index (χ4v) is 5.63. The highest BCUT2D eigenvalue weighted by Gasteiger charge is 2.21. The van der Waals surface area contributed by atoms with Gasteiger partial charge in [0.15, 0.2) is 0 Å². The van der Waals surface area contributed by atoms with Gasteiger partial charge in [-0.15, -0.1) is 0 Å². The van der Waals surface area contributed by atoms with Gasteiger partial charge in [0.2, 0.25) is 5.91 Å². The van der Waals surface area contributed by atoms with Crippen LogP contribution in [0.1, 0.15) is 32.1 Å². The summed E-state index contributed by atoms with van der Waals surface area (Å²) in [6.07, 6.45) is 10.2. The smallest absolute Gasteiger partial charge is 0.227 e. The summed E-state index contributed by atoms with van der Waals surface area (Å²) in [6, 6.07) is 13.3. The molecule has 1 saturated carbocycles. The fourth-order valence-electron chi connectivity index (χ4n) is 5.63. The van der Waals surface area contributed by atoms with Crippen molar-refractivity contribution in [2.75, 3.05) is 5.32 Å². The minimum Gasteiger partial charge on any atom is -0.508 e. The molecule has 0 unspecified atom stereocenters. The largest absolute Gasteiger partial charge is 0.508 e. The zero-order valence-electron chi connectivity index (χ0n) is 22.0. The number of rotatable bonds is 5. The van der Waals surface area contributed by atoms with E-state index >= 15 is 0 Å². The predicted octanol–water partition coefficient (Wildman–Crippen LogP) is 6.59. The van der Waals surface area contributed by atoms with Crippen LogP contribution in [0.5, 0.6) is 5.75 Å². The zero-order valence-corrected chi connectivity index (χ0v) is 22.0. The van der Waals surface area contributed by atoms with Crippen LogP contribution in [0, 0.1) is 11.7 Å². The number of anilines is 1. The zero-order chi connectivity index (χ0) is 27.9. The number of phenolic OH excluding ortho intramolecular Hbond substituents is 1. The topological polar surface area (TPSA) is 132 Å². The number of amides is 1. The molecule has 1 fully saturated rings. The van der Waals surface area contributed by atoms with E-state index in [-0.39, 0.29) is 17.6 Å². The minimum absolute atomic E-state index is 0.0466. The van der Waals surface area contributed by atoms with E-state index in [9.17, 15) is 14.3 Å². The molecule has 0 radical (unpaired) electrons. The van der Waals surface area contributed by atoms with Crippen LogP contribution in [0.15, 0.2) is 67.1 Å². The van der Waals surface area contributed by atoms with Crippen molar-refractivity contribution in [3.63, 3.8) is 0 Å². The van der Waals surface area contributed by atoms with Gasteiger partial charge < -0.3 is 15.4 Å². The van der Waals surface area contributed by atoms with Gasteiger partial charge in [-0.1, -0.05) is 19.3 Å². The van der Waals surface area contributed by atoms with Crippen LogP contribution >= 0.6 is 0 Å². The number of fused-ring (bicyclic) bond motifs is 2. The minimum atomic E-state index is -0.545. The first kappa shape index (κ1) is 24.9. The molecular weight excluding hydrogens is 521 g/mol. The average Bonchev–Trinajstić information content (AvgIpc) is 3.61. The molecule has 10 heteroatoms. The summed E-state index contributed by atoms with van der Waals surface area (Å²) >= 11 is 0. The number of benzene rings is 1. The van der Waals surface area contributed by atoms with E-state index in [4.69, 9.17) is 4.98 Å². The first-order chi connectivity index (χ1) is 20.0. The Labute approximate surface area is 233 Å². The highest BCUT2D eigenvalue weighted by Crippen LogP contribution is 2.34. The summed E-state index contributed by atoms with van der Waals surface area (Å²) in [5, 5.41) is 21.3. The molecule has 1 aliphatic rings. The Balaban J connectivity index is 1.23. The maximum absolute atomic E-state index is 14.0. The van der Waals surface area contributed by atoms with E-state index in [2.05, 4.69) is 30.5 Å². The standard InChI is InChI=1S/C31H26FN7O2/c32-20-10-18(12-22(40)13-20)28-23-14-27(36-25(23)8-9-34-28)30-29-26(38-39-30)7-6-24(37-29)19-11-21(16-33-15-19)35-31(41)17-4-2-1-3-5-17/h6-17,36,40H,1-5H2,(H,35,41)(H,38,39). The van der Waals surface area contributed by atoms with Crippen LogP contribution in [0.3, 0.4) is 0 Å². The molecule has 5 heterocycles. The maximum Gasteiger partial charge on any atom is 0.227 e. The number of aromatic amines is 2. The molecule has 0 aliphatic heterocycles. The molecule has 0 saturated heterocycles. The molecule has 6 aromatic rings. The highest BCUT2D eigenvalue weighted by atomic mass is 19.1. The van der Waals surface area contributed by atoms with Crippen molar-refractivity contribution < 1.29 is 14.3 Å². The van der Waals surface area contributed by atoms with Gasteiger partial charge in [-0.05, 0) is 55.3 Å². The van der Waals surface area contributed by atoms with Gasteiger partial charge in [-0.3, -0.25) is 19.9 Å². The first-order valence-corrected chi connectivity index (χ1v) is 13.6. The third-order valence-corrected chi connectivity index (χ3v) is 7.64. The summed E-state index contributed by atoms with van der Waals surface area (Å²) in [6.45, 7) is 0. The van der Waals surface area contributed by atoms with Crippen LogP contribution in [0.25, 0.3) is 55.8 Å². The Kier molecular flexibility index (Phi) is 6.15. The van der Waals surface area contributed by atoms with Gasteiger partial charge in [0.25, 0.3) is 0 Å². The number of aromatic nitrogens is 6. The monoisotopic (exact) mass is 547 g/mol. The summed E-state index contributed by atoms with van der Waals surface area (Å²) in [5.74, 6) is -0.618. The number of halogens is 1. The molecule has 1 aromatic carbocycles. The normalized spacial score (nSPS) is 14.1. The number of phenols is 1. The molecule has 7 rings (SSSR count). The van der Waals surface area contributed by atoms with Crippen molar-refractivity contribution in [3.8, 4) is 39.7 Å². The number of nitrogens with zero attached hydrogens (tertiary/aromatic N) is 4. The molecule has 0 bridgehead atoms. The van der Waals surface area contributed by atoms with Gasteiger partial charge in [-0.2, -0.15) is 5.10 Å². The second-order valence-electron chi connectivity index (χ2n) is 10.5. The number of carbonyl (C=O) groups excluding carboxylic acids is 1. The van der Waals surface area contributed by atoms with E-state index in [1.54, 1.807) is 18.6 Å². The predicted molar refractivity (Wildman–Crippen MR) is 154 cm³/mol. The maximum atomic E-state index is 14.0. The molecule has 4 N–H and O–H groups in total. The van der Waals surface area contributed by atoms with Gasteiger partial charge in [0, 0.05) is 46.4 Å². The average molecular weight is 548 g/mol. The van der Waals surface area contributed by atoms with Crippen molar-refractivity contribution in [3.05, 3.63) is 72.9 Å². The number of pyridine rings is 3. The summed E-state index contributed by atoms with van der Waals surface area (Å²) < 4.78 is 14.0. The molecule has 41 heavy (non-hydrogen) atoms. The van der Waals surface area contributed by atoms with Crippen molar-refractivity contribution >= 4 is 33.5 Å². The van der Waals surface area contributed by atoms with Crippen LogP contribution in [-0.2, 0) is 4.79 Å². The number of carbonyl (C=O) groups is 1. The van der Waals surface area contributed by atoms with Crippen molar-refractivity contribution in [1.82, 2.24) is 30.1 Å². The molecule has 0 spiro atoms. The number of hydrogen-bond donors (Lipinski definition) is 4. The molecule has 5 aromatic heterocycles. The second kappa shape index (κ2) is 10.1. The molecule has 1 aliphatic carbocycles. The van der Waals surface area contributed by atoms with Crippen LogP contribution in [-0.4, -0.2) is 41.1 Å². The molecule has 9 nitrogen and oxygen atoms in total. The van der Waals surface area contributed by atoms with Gasteiger partial charge in [0.05, 0.1) is 34.5 Å². The fraction of sp³-hybridized carbons (Fsp3) is 0.194. The Bertz CT molecular complexity index is 1900. The SMILES string of the molecule is O=C(Nc1cncc(-c2ccc3[nH]nc(-c4cc5c(-c6cc(O)cc(F)c6)nccc5[nH]4)c3n2)c1)C1CCCCC1. The number of aromatic hydroxyl groups is 1. The van der Waals surface area contributed by atoms with Crippen molar-refractivity contribution in [2.45, 2.75) is 32.1 Å². The second-order valence-corrected chi connectivity index (χ2v) is 10.5. The van der Waals surface area contributed by atoms with E-state index in [0.717, 1.165) is 53.7 Å². The van der Waals surface area contributed by atoms with Crippen molar-refractivity contribution in [1.29, 1.82) is 0 Å². The lowest BCUT2D eigenvalue weighted by Gasteiger charge is -2.20. The summed E-state index contributed by atoms with van der Waals surface area (Å²) in [7, 11) is 0. The third-order valence-electron chi connectivity index (χ3n) is 7.64. The first-order valence-electron chi connectivity index (χ1n) is 13.6. The number of hydrogen-bond acceptors (Lipinski definition) is 6. The highest BCUT2D eigenvalue weighted by molar-refractivity contribution is 5.99. The Morgan fingerprint density at radius 3 is 2.68 bits per heavy atom. The van der Waals surface area contributed by atoms with E-state index in [0.29, 0.717) is 39.5 Å². The lowest BCUT2D eigenvalue weighted by atomic mass is 9.88. The van der Waals surface area contributed by atoms with Gasteiger partial charge in [0.1, 0.15) is 22.8 Å². The van der Waals surface area contributed by atoms with Crippen molar-refractivity contribution in [2.24, 2.45) is 5.92 Å². The lowest BCUT2D eigenvalue weighted by Crippen LogP contribution is -2.24. The Hall–Kier alpha value is -5.12. The molecule has 1 amide bonds. The lowest BCUT2D eigenvalue weighted by molar-refractivity contribution is -0.120. The van der Waals surface area contributed by atoms with Crippen LogP contribution in [0.4, 0.5) is 10.1 Å². The van der Waals surface area contributed by atoms with Gasteiger partial charge in [-0.25, -0.2) is 9.37 Å². The van der Waals surface area contributed by atoms with E-state index < -0.39 is 5.82 Å². The molecule has 0 atom stereocenters. The molecular formula is C31H26FN7O2. The van der Waals surface area contributed by atoms with E-state index in [1.807, 2.05) is 30.3 Å². The number of H-pyrrole nitrogens is 2. The third kappa shape index (κ3) is 4.77. The van der Waals surface area contributed by atoms with Crippen LogP contribution < -0.4 is 5.32 Å². The van der Waals surface area contributed by atoms with Crippen LogP contribution in [0.2, 0.25) is 0 Å². The number of nitrogens with one attached hydrogen (secondary N) is 3. The summed E-state index contributed by atoms with van der Waals surface area (Å²) in [4.78, 5) is 29.8. The Morgan fingerprint density at radius 2 is 1.83 bits per heavy atom. The van der Waals surface area contributed by atoms with E-state index in [1.165, 1.54) is 18.6 Å². The van der Waals surface area contributed by atoms with Gasteiger partial charge >= 0.3 is 0 Å². The quantitative estimate of drug-likeness (QED) is 0.192. The summed E-state index contributed by atoms with van der Waals surface area (Å²) in [5.41, 5.74) is 6.62. The Morgan fingerprint density at radius 1 is 0.951 bits per heavy atom.